The lowest BCUT2D eigenvalue weighted by atomic mass is 10.0. The van der Waals surface area contributed by atoms with Crippen LogP contribution in [0.4, 0.5) is 0 Å². The molecule has 0 aliphatic heterocycles. The fraction of sp³-hybridized carbons (Fsp3) is 0.241. The molecule has 1 heterocycles. The van der Waals surface area contributed by atoms with Gasteiger partial charge in [-0.2, -0.15) is 5.10 Å². The Hall–Kier alpha value is -4.10. The van der Waals surface area contributed by atoms with E-state index in [4.69, 9.17) is 14.6 Å². The molecular weight excluding hydrogens is 452 g/mol. The van der Waals surface area contributed by atoms with Crippen LogP contribution in [0.2, 0.25) is 0 Å². The molecule has 0 spiro atoms. The van der Waals surface area contributed by atoms with E-state index >= 15 is 0 Å². The van der Waals surface area contributed by atoms with Gasteiger partial charge in [-0.05, 0) is 56.4 Å². The fourth-order valence-corrected chi connectivity index (χ4v) is 4.23. The Morgan fingerprint density at radius 2 is 1.67 bits per heavy atom. The van der Waals surface area contributed by atoms with Gasteiger partial charge in [-0.3, -0.25) is 4.79 Å². The average Bonchev–Trinajstić information content (AvgIpc) is 3.34. The van der Waals surface area contributed by atoms with Crippen molar-refractivity contribution < 1.29 is 14.3 Å². The predicted octanol–water partition coefficient (Wildman–Crippen LogP) is 4.90. The predicted molar refractivity (Wildman–Crippen MR) is 142 cm³/mol. The Balaban J connectivity index is 1.64. The number of aromatic nitrogens is 2. The molecule has 0 fully saturated rings. The van der Waals surface area contributed by atoms with Crippen molar-refractivity contribution in [3.63, 3.8) is 0 Å². The minimum absolute atomic E-state index is 0.0696. The standard InChI is InChI=1S/C29H32N4O3/c1-20-11-9-10-14-23(20)28-24(19-33(31-28)22-12-7-6-8-13-22)29(34)30-18-25(32(2)3)21-15-16-26(35-4)27(17-21)36-5/h6-17,19,25H,18H2,1-5H3,(H,30,34). The van der Waals surface area contributed by atoms with Crippen molar-refractivity contribution in [3.8, 4) is 28.4 Å². The van der Waals surface area contributed by atoms with Gasteiger partial charge in [0.05, 0.1) is 31.5 Å². The highest BCUT2D eigenvalue weighted by molar-refractivity contribution is 6.00. The summed E-state index contributed by atoms with van der Waals surface area (Å²) in [7, 11) is 7.20. The summed E-state index contributed by atoms with van der Waals surface area (Å²) in [4.78, 5) is 15.6. The summed E-state index contributed by atoms with van der Waals surface area (Å²) in [6.45, 7) is 2.43. The number of hydrogen-bond acceptors (Lipinski definition) is 5. The molecule has 0 radical (unpaired) electrons. The summed E-state index contributed by atoms with van der Waals surface area (Å²) in [6, 6.07) is 23.5. The molecule has 1 aromatic heterocycles. The van der Waals surface area contributed by atoms with Crippen LogP contribution in [-0.2, 0) is 0 Å². The second-order valence-corrected chi connectivity index (χ2v) is 8.79. The van der Waals surface area contributed by atoms with Gasteiger partial charge >= 0.3 is 0 Å². The number of nitrogens with zero attached hydrogens (tertiary/aromatic N) is 3. The van der Waals surface area contributed by atoms with E-state index < -0.39 is 0 Å². The normalized spacial score (nSPS) is 11.8. The van der Waals surface area contributed by atoms with Gasteiger partial charge < -0.3 is 19.7 Å². The van der Waals surface area contributed by atoms with E-state index in [9.17, 15) is 4.79 Å². The third-order valence-electron chi connectivity index (χ3n) is 6.25. The van der Waals surface area contributed by atoms with Crippen LogP contribution in [0, 0.1) is 6.92 Å². The third kappa shape index (κ3) is 5.26. The van der Waals surface area contributed by atoms with Crippen molar-refractivity contribution in [2.75, 3.05) is 34.9 Å². The van der Waals surface area contributed by atoms with Crippen molar-refractivity contribution in [2.24, 2.45) is 0 Å². The quantitative estimate of drug-likeness (QED) is 0.366. The van der Waals surface area contributed by atoms with E-state index in [0.717, 1.165) is 22.4 Å². The Kier molecular flexibility index (Phi) is 7.71. The molecule has 4 aromatic rings. The number of methoxy groups -OCH3 is 2. The zero-order chi connectivity index (χ0) is 25.7. The Labute approximate surface area is 212 Å². The second-order valence-electron chi connectivity index (χ2n) is 8.79. The van der Waals surface area contributed by atoms with Gasteiger partial charge in [0.2, 0.25) is 0 Å². The SMILES string of the molecule is COc1ccc(C(CNC(=O)c2cn(-c3ccccc3)nc2-c2ccccc2C)N(C)C)cc1OC. The number of amides is 1. The Bertz CT molecular complexity index is 1330. The molecule has 0 aliphatic rings. The molecule has 0 saturated carbocycles. The van der Waals surface area contributed by atoms with Crippen molar-refractivity contribution in [2.45, 2.75) is 13.0 Å². The molecule has 7 heteroatoms. The van der Waals surface area contributed by atoms with Crippen LogP contribution in [0.3, 0.4) is 0 Å². The first-order valence-electron chi connectivity index (χ1n) is 11.8. The van der Waals surface area contributed by atoms with Crippen LogP contribution < -0.4 is 14.8 Å². The first-order chi connectivity index (χ1) is 17.4. The largest absolute Gasteiger partial charge is 0.493 e. The van der Waals surface area contributed by atoms with Crippen molar-refractivity contribution in [3.05, 3.63) is 95.7 Å². The molecule has 4 rings (SSSR count). The Morgan fingerprint density at radius 3 is 2.33 bits per heavy atom. The summed E-state index contributed by atoms with van der Waals surface area (Å²) < 4.78 is 12.6. The molecule has 1 N–H and O–H groups in total. The maximum atomic E-state index is 13.5. The van der Waals surface area contributed by atoms with Crippen molar-refractivity contribution in [1.29, 1.82) is 0 Å². The van der Waals surface area contributed by atoms with Crippen LogP contribution in [0.1, 0.15) is 27.5 Å². The molecule has 0 bridgehead atoms. The van der Waals surface area contributed by atoms with Crippen LogP contribution in [0.25, 0.3) is 16.9 Å². The first kappa shape index (κ1) is 25.0. The number of ether oxygens (including phenoxy) is 2. The van der Waals surface area contributed by atoms with Gasteiger partial charge in [-0.1, -0.05) is 48.5 Å². The number of aryl methyl sites for hydroxylation is 1. The molecule has 0 saturated heterocycles. The number of para-hydroxylation sites is 1. The lowest BCUT2D eigenvalue weighted by Crippen LogP contribution is -2.34. The highest BCUT2D eigenvalue weighted by Gasteiger charge is 2.22. The third-order valence-corrected chi connectivity index (χ3v) is 6.25. The maximum absolute atomic E-state index is 13.5. The fourth-order valence-electron chi connectivity index (χ4n) is 4.23. The van der Waals surface area contributed by atoms with Crippen LogP contribution >= 0.6 is 0 Å². The second kappa shape index (κ2) is 11.1. The molecule has 36 heavy (non-hydrogen) atoms. The highest BCUT2D eigenvalue weighted by atomic mass is 16.5. The maximum Gasteiger partial charge on any atom is 0.255 e. The molecular formula is C29H32N4O3. The summed E-state index contributed by atoms with van der Waals surface area (Å²) in [5.41, 5.74) is 5.07. The van der Waals surface area contributed by atoms with Gasteiger partial charge in [-0.15, -0.1) is 0 Å². The van der Waals surface area contributed by atoms with Crippen molar-refractivity contribution in [1.82, 2.24) is 20.0 Å². The zero-order valence-electron chi connectivity index (χ0n) is 21.4. The number of rotatable bonds is 9. The van der Waals surface area contributed by atoms with Gasteiger partial charge in [0.15, 0.2) is 11.5 Å². The topological polar surface area (TPSA) is 68.6 Å². The average molecular weight is 485 g/mol. The summed E-state index contributed by atoms with van der Waals surface area (Å²) in [5, 5.41) is 7.94. The van der Waals surface area contributed by atoms with E-state index in [0.29, 0.717) is 29.3 Å². The minimum atomic E-state index is -0.178. The first-order valence-corrected chi connectivity index (χ1v) is 11.8. The smallest absolute Gasteiger partial charge is 0.255 e. The van der Waals surface area contributed by atoms with Gasteiger partial charge in [0.25, 0.3) is 5.91 Å². The number of carbonyl (C=O) groups excluding carboxylic acids is 1. The van der Waals surface area contributed by atoms with Gasteiger partial charge in [0.1, 0.15) is 5.69 Å². The lowest BCUT2D eigenvalue weighted by molar-refractivity contribution is 0.0942. The van der Waals surface area contributed by atoms with Gasteiger partial charge in [-0.25, -0.2) is 4.68 Å². The Morgan fingerprint density at radius 1 is 0.972 bits per heavy atom. The number of nitrogens with one attached hydrogen (secondary N) is 1. The summed E-state index contributed by atoms with van der Waals surface area (Å²) in [6.07, 6.45) is 1.80. The monoisotopic (exact) mass is 484 g/mol. The summed E-state index contributed by atoms with van der Waals surface area (Å²) in [5.74, 6) is 1.14. The summed E-state index contributed by atoms with van der Waals surface area (Å²) >= 11 is 0. The van der Waals surface area contributed by atoms with E-state index in [1.54, 1.807) is 25.1 Å². The molecule has 7 nitrogen and oxygen atoms in total. The minimum Gasteiger partial charge on any atom is -0.493 e. The number of hydrogen-bond donors (Lipinski definition) is 1. The molecule has 3 aromatic carbocycles. The van der Waals surface area contributed by atoms with E-state index in [1.165, 1.54) is 0 Å². The van der Waals surface area contributed by atoms with E-state index in [2.05, 4.69) is 10.2 Å². The number of carbonyl (C=O) groups is 1. The molecule has 0 aliphatic carbocycles. The molecule has 186 valence electrons. The van der Waals surface area contributed by atoms with Crippen molar-refractivity contribution >= 4 is 5.91 Å². The van der Waals surface area contributed by atoms with Crippen LogP contribution in [0.5, 0.6) is 11.5 Å². The van der Waals surface area contributed by atoms with E-state index in [-0.39, 0.29) is 11.9 Å². The van der Waals surface area contributed by atoms with Gasteiger partial charge in [0, 0.05) is 18.3 Å². The van der Waals surface area contributed by atoms with Crippen LogP contribution in [-0.4, -0.2) is 55.4 Å². The number of benzene rings is 3. The molecule has 1 atom stereocenters. The highest BCUT2D eigenvalue weighted by Crippen LogP contribution is 2.31. The molecule has 1 amide bonds. The van der Waals surface area contributed by atoms with E-state index in [1.807, 2.05) is 93.8 Å². The van der Waals surface area contributed by atoms with Crippen LogP contribution in [0.15, 0.2) is 79.0 Å². The zero-order valence-corrected chi connectivity index (χ0v) is 21.4. The molecule has 1 unspecified atom stereocenters. The number of likely N-dealkylation sites (N-methyl/N-ethyl adjacent to an activating group) is 1. The lowest BCUT2D eigenvalue weighted by Gasteiger charge is -2.26.